The van der Waals surface area contributed by atoms with Gasteiger partial charge in [0.15, 0.2) is 5.96 Å². The summed E-state index contributed by atoms with van der Waals surface area (Å²) in [6, 6.07) is 0. The number of aliphatic imine (C=N–C) groups is 1. The zero-order valence-corrected chi connectivity index (χ0v) is 23.1. The van der Waals surface area contributed by atoms with E-state index in [1.807, 2.05) is 20.8 Å². The quantitative estimate of drug-likeness (QED) is 0.182. The second kappa shape index (κ2) is 16.3. The van der Waals surface area contributed by atoms with Crippen LogP contribution in [0, 0.1) is 0 Å². The third kappa shape index (κ3) is 14.0. The molecule has 0 radical (unpaired) electrons. The lowest BCUT2D eigenvalue weighted by atomic mass is 10.1. The summed E-state index contributed by atoms with van der Waals surface area (Å²) in [4.78, 5) is 31.9. The second-order valence-corrected chi connectivity index (χ2v) is 9.05. The summed E-state index contributed by atoms with van der Waals surface area (Å²) in [6.07, 6.45) is 4.56. The fourth-order valence-corrected chi connectivity index (χ4v) is 2.99. The summed E-state index contributed by atoms with van der Waals surface area (Å²) in [7, 11) is 3.49. The number of hydrogen-bond donors (Lipinski definition) is 2. The molecule has 2 amide bonds. The normalized spacial score (nSPS) is 15.1. The van der Waals surface area contributed by atoms with Crippen LogP contribution in [-0.2, 0) is 14.3 Å². The molecule has 1 rings (SSSR count). The Morgan fingerprint density at radius 2 is 1.72 bits per heavy atom. The molecule has 1 heterocycles. The third-order valence-corrected chi connectivity index (χ3v) is 4.76. The van der Waals surface area contributed by atoms with Crippen molar-refractivity contribution in [2.45, 2.75) is 71.5 Å². The number of halogens is 1. The van der Waals surface area contributed by atoms with Gasteiger partial charge in [-0.1, -0.05) is 13.3 Å². The van der Waals surface area contributed by atoms with Crippen LogP contribution in [0.3, 0.4) is 0 Å². The highest BCUT2D eigenvalue weighted by molar-refractivity contribution is 14.0. The van der Waals surface area contributed by atoms with Gasteiger partial charge < -0.3 is 29.9 Å². The van der Waals surface area contributed by atoms with Crippen LogP contribution < -0.4 is 10.6 Å². The minimum absolute atomic E-state index is 0. The SMILES string of the molecule is CCCCNC(=NCC(=O)N(C)C)N1CCC(OCCCNC(=O)OC(C)(C)C)CC1.I. The van der Waals surface area contributed by atoms with E-state index in [0.29, 0.717) is 13.2 Å². The molecular formula is C22H44IN5O4. The van der Waals surface area contributed by atoms with Crippen molar-refractivity contribution in [3.8, 4) is 0 Å². The Kier molecular flexibility index (Phi) is 15.7. The summed E-state index contributed by atoms with van der Waals surface area (Å²) in [5.74, 6) is 0.802. The third-order valence-electron chi connectivity index (χ3n) is 4.76. The molecule has 0 aliphatic carbocycles. The van der Waals surface area contributed by atoms with Crippen molar-refractivity contribution in [3.63, 3.8) is 0 Å². The van der Waals surface area contributed by atoms with Crippen LogP contribution in [-0.4, -0.2) is 92.9 Å². The van der Waals surface area contributed by atoms with Gasteiger partial charge in [-0.2, -0.15) is 0 Å². The molecule has 0 bridgehead atoms. The van der Waals surface area contributed by atoms with Gasteiger partial charge in [0.25, 0.3) is 0 Å². The predicted octanol–water partition coefficient (Wildman–Crippen LogP) is 2.83. The number of nitrogens with zero attached hydrogens (tertiary/aromatic N) is 3. The Morgan fingerprint density at radius 3 is 2.28 bits per heavy atom. The zero-order chi connectivity index (χ0) is 23.3. The van der Waals surface area contributed by atoms with Crippen molar-refractivity contribution < 1.29 is 19.1 Å². The Morgan fingerprint density at radius 1 is 1.09 bits per heavy atom. The van der Waals surface area contributed by atoms with E-state index in [2.05, 4.69) is 27.4 Å². The first-order chi connectivity index (χ1) is 14.6. The van der Waals surface area contributed by atoms with Crippen LogP contribution >= 0.6 is 24.0 Å². The van der Waals surface area contributed by atoms with Gasteiger partial charge in [0.2, 0.25) is 5.91 Å². The van der Waals surface area contributed by atoms with Gasteiger partial charge in [-0.25, -0.2) is 9.79 Å². The van der Waals surface area contributed by atoms with Gasteiger partial charge in [-0.3, -0.25) is 4.79 Å². The fourth-order valence-electron chi connectivity index (χ4n) is 2.99. The number of amides is 2. The molecule has 9 nitrogen and oxygen atoms in total. The maximum Gasteiger partial charge on any atom is 0.407 e. The molecule has 0 unspecified atom stereocenters. The number of carbonyl (C=O) groups excluding carboxylic acids is 2. The highest BCUT2D eigenvalue weighted by atomic mass is 127. The average molecular weight is 570 g/mol. The maximum absolute atomic E-state index is 11.9. The van der Waals surface area contributed by atoms with E-state index in [1.165, 1.54) is 0 Å². The highest BCUT2D eigenvalue weighted by Crippen LogP contribution is 2.14. The van der Waals surface area contributed by atoms with Crippen LogP contribution in [0.2, 0.25) is 0 Å². The van der Waals surface area contributed by atoms with Crippen molar-refractivity contribution in [2.75, 3.05) is 53.4 Å². The number of rotatable bonds is 10. The minimum atomic E-state index is -0.484. The van der Waals surface area contributed by atoms with E-state index < -0.39 is 11.7 Å². The molecule has 1 aliphatic rings. The Labute approximate surface area is 211 Å². The highest BCUT2D eigenvalue weighted by Gasteiger charge is 2.22. The molecule has 32 heavy (non-hydrogen) atoms. The second-order valence-electron chi connectivity index (χ2n) is 9.05. The molecule has 0 spiro atoms. The number of alkyl carbamates (subject to hydrolysis) is 1. The van der Waals surface area contributed by atoms with E-state index in [0.717, 1.165) is 57.7 Å². The molecule has 0 aromatic rings. The Balaban J connectivity index is 0.00000961. The van der Waals surface area contributed by atoms with E-state index in [1.54, 1.807) is 19.0 Å². The first-order valence-electron chi connectivity index (χ1n) is 11.4. The summed E-state index contributed by atoms with van der Waals surface area (Å²) in [6.45, 7) is 11.5. The number of likely N-dealkylation sites (tertiary alicyclic amines) is 1. The molecule has 1 fully saturated rings. The fraction of sp³-hybridized carbons (Fsp3) is 0.864. The van der Waals surface area contributed by atoms with Crippen molar-refractivity contribution >= 4 is 41.9 Å². The van der Waals surface area contributed by atoms with Crippen LogP contribution in [0.4, 0.5) is 4.79 Å². The topological polar surface area (TPSA) is 95.5 Å². The number of nitrogens with one attached hydrogen (secondary N) is 2. The molecule has 0 aromatic heterocycles. The number of likely N-dealkylation sites (N-methyl/N-ethyl adjacent to an activating group) is 1. The number of hydrogen-bond acceptors (Lipinski definition) is 5. The molecule has 0 atom stereocenters. The number of ether oxygens (including phenoxy) is 2. The van der Waals surface area contributed by atoms with Gasteiger partial charge >= 0.3 is 6.09 Å². The molecule has 1 saturated heterocycles. The van der Waals surface area contributed by atoms with Crippen molar-refractivity contribution in [3.05, 3.63) is 0 Å². The van der Waals surface area contributed by atoms with Crippen LogP contribution in [0.5, 0.6) is 0 Å². The Hall–Kier alpha value is -1.30. The van der Waals surface area contributed by atoms with Gasteiger partial charge in [0, 0.05) is 46.9 Å². The summed E-state index contributed by atoms with van der Waals surface area (Å²) in [5, 5.41) is 6.15. The van der Waals surface area contributed by atoms with Crippen molar-refractivity contribution in [1.82, 2.24) is 20.4 Å². The summed E-state index contributed by atoms with van der Waals surface area (Å²) >= 11 is 0. The lowest BCUT2D eigenvalue weighted by Gasteiger charge is -2.34. The number of piperidine rings is 1. The first-order valence-corrected chi connectivity index (χ1v) is 11.4. The number of unbranched alkanes of at least 4 members (excludes halogenated alkanes) is 1. The Bertz CT molecular complexity index is 573. The molecule has 0 aromatic carbocycles. The van der Waals surface area contributed by atoms with E-state index in [4.69, 9.17) is 9.47 Å². The van der Waals surface area contributed by atoms with E-state index >= 15 is 0 Å². The van der Waals surface area contributed by atoms with Crippen LogP contribution in [0.15, 0.2) is 4.99 Å². The van der Waals surface area contributed by atoms with Crippen LogP contribution in [0.1, 0.15) is 59.8 Å². The van der Waals surface area contributed by atoms with Gasteiger partial charge in [-0.15, -0.1) is 24.0 Å². The lowest BCUT2D eigenvalue weighted by molar-refractivity contribution is -0.127. The van der Waals surface area contributed by atoms with Gasteiger partial charge in [0.1, 0.15) is 12.1 Å². The maximum atomic E-state index is 11.9. The molecule has 10 heteroatoms. The van der Waals surface area contributed by atoms with Gasteiger partial charge in [0.05, 0.1) is 6.10 Å². The van der Waals surface area contributed by atoms with Crippen molar-refractivity contribution in [2.24, 2.45) is 4.99 Å². The smallest absolute Gasteiger partial charge is 0.407 e. The van der Waals surface area contributed by atoms with Crippen LogP contribution in [0.25, 0.3) is 0 Å². The molecular weight excluding hydrogens is 525 g/mol. The molecule has 188 valence electrons. The standard InChI is InChI=1S/C22H43N5O4.HI/c1-7-8-12-23-20(25-17-19(28)26(5)6)27-14-10-18(11-15-27)30-16-9-13-24-21(29)31-22(2,3)4;/h18H,7-17H2,1-6H3,(H,23,25)(H,24,29);1H. The summed E-state index contributed by atoms with van der Waals surface area (Å²) in [5.41, 5.74) is -0.484. The zero-order valence-electron chi connectivity index (χ0n) is 20.7. The molecule has 0 saturated carbocycles. The lowest BCUT2D eigenvalue weighted by Crippen LogP contribution is -2.47. The van der Waals surface area contributed by atoms with Gasteiger partial charge in [-0.05, 0) is 46.5 Å². The predicted molar refractivity (Wildman–Crippen MR) is 139 cm³/mol. The van der Waals surface area contributed by atoms with E-state index in [9.17, 15) is 9.59 Å². The first kappa shape index (κ1) is 30.7. The average Bonchev–Trinajstić information content (AvgIpc) is 2.69. The molecule has 1 aliphatic heterocycles. The van der Waals surface area contributed by atoms with Crippen molar-refractivity contribution in [1.29, 1.82) is 0 Å². The molecule has 2 N–H and O–H groups in total. The number of carbonyl (C=O) groups is 2. The minimum Gasteiger partial charge on any atom is -0.444 e. The summed E-state index contributed by atoms with van der Waals surface area (Å²) < 4.78 is 11.2. The monoisotopic (exact) mass is 569 g/mol. The number of guanidine groups is 1. The largest absolute Gasteiger partial charge is 0.444 e. The van der Waals surface area contributed by atoms with E-state index in [-0.39, 0.29) is 42.5 Å².